The van der Waals surface area contributed by atoms with E-state index < -0.39 is 0 Å². The normalized spacial score (nSPS) is 19.3. The van der Waals surface area contributed by atoms with Gasteiger partial charge in [-0.1, -0.05) is 12.1 Å². The number of fused-ring (bicyclic) bond motifs is 2. The zero-order chi connectivity index (χ0) is 18.9. The van der Waals surface area contributed by atoms with Crippen LogP contribution in [0, 0.1) is 0 Å². The fraction of sp³-hybridized carbons (Fsp3) is 0.450. The average molecular weight is 382 g/mol. The Morgan fingerprint density at radius 1 is 1.32 bits per heavy atom. The molecule has 8 heteroatoms. The van der Waals surface area contributed by atoms with E-state index in [1.807, 2.05) is 24.3 Å². The first kappa shape index (κ1) is 17.4. The summed E-state index contributed by atoms with van der Waals surface area (Å²) in [5.41, 5.74) is 2.72. The third-order valence-electron chi connectivity index (χ3n) is 5.28. The molecule has 8 nitrogen and oxygen atoms in total. The number of amides is 1. The summed E-state index contributed by atoms with van der Waals surface area (Å²) in [6.45, 7) is 2.81. The van der Waals surface area contributed by atoms with E-state index in [4.69, 9.17) is 13.9 Å². The number of H-pyrrole nitrogens is 1. The highest BCUT2D eigenvalue weighted by Crippen LogP contribution is 2.28. The first-order valence-corrected chi connectivity index (χ1v) is 9.61. The van der Waals surface area contributed by atoms with Crippen molar-refractivity contribution in [1.82, 2.24) is 19.9 Å². The third-order valence-corrected chi connectivity index (χ3v) is 5.28. The van der Waals surface area contributed by atoms with E-state index in [2.05, 4.69) is 15.0 Å². The molecule has 1 aromatic carbocycles. The van der Waals surface area contributed by atoms with Gasteiger partial charge in [0.15, 0.2) is 5.89 Å². The number of rotatable bonds is 5. The zero-order valence-electron chi connectivity index (χ0n) is 15.5. The van der Waals surface area contributed by atoms with Gasteiger partial charge in [0.05, 0.1) is 30.1 Å². The van der Waals surface area contributed by atoms with Crippen LogP contribution in [0.25, 0.3) is 11.0 Å². The number of nitrogens with zero attached hydrogens (tertiary/aromatic N) is 3. The van der Waals surface area contributed by atoms with Crippen LogP contribution in [0.2, 0.25) is 0 Å². The van der Waals surface area contributed by atoms with Gasteiger partial charge in [0.25, 0.3) is 0 Å². The number of aromatic nitrogens is 3. The number of imidazole rings is 1. The summed E-state index contributed by atoms with van der Waals surface area (Å²) in [4.78, 5) is 26.6. The summed E-state index contributed by atoms with van der Waals surface area (Å²) in [5, 5.41) is 0. The topological polar surface area (TPSA) is 93.5 Å². The van der Waals surface area contributed by atoms with Crippen LogP contribution in [0.15, 0.2) is 28.7 Å². The quantitative estimate of drug-likeness (QED) is 0.727. The molecule has 0 saturated carbocycles. The fourth-order valence-corrected chi connectivity index (χ4v) is 3.74. The van der Waals surface area contributed by atoms with Crippen LogP contribution < -0.4 is 0 Å². The highest BCUT2D eigenvalue weighted by atomic mass is 16.5. The number of aromatic amines is 1. The Kier molecular flexibility index (Phi) is 4.58. The minimum absolute atomic E-state index is 0.0214. The molecule has 1 amide bonds. The predicted molar refractivity (Wildman–Crippen MR) is 99.6 cm³/mol. The molecular weight excluding hydrogens is 360 g/mol. The van der Waals surface area contributed by atoms with Crippen LogP contribution in [0.4, 0.5) is 0 Å². The van der Waals surface area contributed by atoms with E-state index >= 15 is 0 Å². The largest absolute Gasteiger partial charge is 0.445 e. The third kappa shape index (κ3) is 3.41. The number of hydrogen-bond donors (Lipinski definition) is 1. The van der Waals surface area contributed by atoms with E-state index in [-0.39, 0.29) is 25.0 Å². The van der Waals surface area contributed by atoms with Gasteiger partial charge in [-0.25, -0.2) is 9.97 Å². The number of nitrogens with one attached hydrogen (secondary N) is 1. The highest BCUT2D eigenvalue weighted by Gasteiger charge is 2.29. The molecule has 3 aromatic rings. The minimum atomic E-state index is -0.0458. The van der Waals surface area contributed by atoms with E-state index in [0.29, 0.717) is 26.1 Å². The number of oxazole rings is 1. The van der Waals surface area contributed by atoms with Gasteiger partial charge in [0, 0.05) is 19.6 Å². The molecule has 2 aromatic heterocycles. The molecule has 1 N–H and O–H groups in total. The number of carbonyl (C=O) groups is 1. The summed E-state index contributed by atoms with van der Waals surface area (Å²) < 4.78 is 16.9. The van der Waals surface area contributed by atoms with Gasteiger partial charge in [-0.05, 0) is 18.6 Å². The molecule has 0 bridgehead atoms. The van der Waals surface area contributed by atoms with Crippen molar-refractivity contribution in [3.05, 3.63) is 47.4 Å². The van der Waals surface area contributed by atoms with Gasteiger partial charge in [0.2, 0.25) is 5.91 Å². The Bertz CT molecular complexity index is 956. The molecular formula is C20H22N4O4. The average Bonchev–Trinajstić information content (AvgIpc) is 3.44. The molecule has 1 saturated heterocycles. The van der Waals surface area contributed by atoms with Gasteiger partial charge in [-0.15, -0.1) is 0 Å². The maximum atomic E-state index is 12.5. The number of ether oxygens (including phenoxy) is 2. The summed E-state index contributed by atoms with van der Waals surface area (Å²) >= 11 is 0. The SMILES string of the molecule is O=C(COCc1nc2ccccc2[nH]1)N1CCc2oc(C3CCOC3)nc2C1. The monoisotopic (exact) mass is 382 g/mol. The van der Waals surface area contributed by atoms with E-state index in [1.54, 1.807) is 4.90 Å². The highest BCUT2D eigenvalue weighted by molar-refractivity contribution is 5.77. The molecule has 28 heavy (non-hydrogen) atoms. The molecule has 2 aliphatic heterocycles. The first-order valence-electron chi connectivity index (χ1n) is 9.61. The van der Waals surface area contributed by atoms with Crippen LogP contribution in [-0.2, 0) is 33.8 Å². The summed E-state index contributed by atoms with van der Waals surface area (Å²) in [6, 6.07) is 7.80. The van der Waals surface area contributed by atoms with Crippen molar-refractivity contribution in [2.45, 2.75) is 31.9 Å². The van der Waals surface area contributed by atoms with Gasteiger partial charge < -0.3 is 23.8 Å². The van der Waals surface area contributed by atoms with Crippen LogP contribution in [0.1, 0.15) is 35.5 Å². The van der Waals surface area contributed by atoms with Crippen molar-refractivity contribution in [3.8, 4) is 0 Å². The fourth-order valence-electron chi connectivity index (χ4n) is 3.74. The summed E-state index contributed by atoms with van der Waals surface area (Å²) in [6.07, 6.45) is 1.63. The van der Waals surface area contributed by atoms with Crippen molar-refractivity contribution < 1.29 is 18.7 Å². The van der Waals surface area contributed by atoms with Gasteiger partial charge in [-0.3, -0.25) is 4.79 Å². The molecule has 1 unspecified atom stereocenters. The second-order valence-electron chi connectivity index (χ2n) is 7.24. The summed E-state index contributed by atoms with van der Waals surface area (Å²) in [5.74, 6) is 2.55. The molecule has 146 valence electrons. The Hall–Kier alpha value is -2.71. The van der Waals surface area contributed by atoms with Crippen molar-refractivity contribution in [3.63, 3.8) is 0 Å². The number of hydrogen-bond acceptors (Lipinski definition) is 6. The lowest BCUT2D eigenvalue weighted by Crippen LogP contribution is -2.38. The summed E-state index contributed by atoms with van der Waals surface area (Å²) in [7, 11) is 0. The van der Waals surface area contributed by atoms with E-state index in [1.165, 1.54) is 0 Å². The van der Waals surface area contributed by atoms with E-state index in [9.17, 15) is 4.79 Å². The van der Waals surface area contributed by atoms with Crippen molar-refractivity contribution in [2.24, 2.45) is 0 Å². The van der Waals surface area contributed by atoms with Crippen molar-refractivity contribution in [2.75, 3.05) is 26.4 Å². The van der Waals surface area contributed by atoms with E-state index in [0.717, 1.165) is 47.2 Å². The molecule has 1 atom stereocenters. The predicted octanol–water partition coefficient (Wildman–Crippen LogP) is 2.16. The standard InChI is InChI=1S/C20H22N4O4/c25-19(12-27-11-18-21-14-3-1-2-4-15(14)22-18)24-7-5-17-16(9-24)23-20(28-17)13-6-8-26-10-13/h1-4,13H,5-12H2,(H,21,22). The second kappa shape index (κ2) is 7.37. The molecule has 5 rings (SSSR count). The lowest BCUT2D eigenvalue weighted by atomic mass is 10.1. The number of carbonyl (C=O) groups excluding carboxylic acids is 1. The molecule has 0 radical (unpaired) electrons. The molecule has 1 fully saturated rings. The van der Waals surface area contributed by atoms with Gasteiger partial charge in [0.1, 0.15) is 30.5 Å². The van der Waals surface area contributed by atoms with Gasteiger partial charge in [-0.2, -0.15) is 0 Å². The Labute approximate surface area is 161 Å². The molecule has 4 heterocycles. The zero-order valence-corrected chi connectivity index (χ0v) is 15.5. The maximum Gasteiger partial charge on any atom is 0.248 e. The van der Waals surface area contributed by atoms with Gasteiger partial charge >= 0.3 is 0 Å². The lowest BCUT2D eigenvalue weighted by molar-refractivity contribution is -0.137. The van der Waals surface area contributed by atoms with Crippen molar-refractivity contribution in [1.29, 1.82) is 0 Å². The van der Waals surface area contributed by atoms with Crippen LogP contribution >= 0.6 is 0 Å². The molecule has 0 spiro atoms. The maximum absolute atomic E-state index is 12.5. The van der Waals surface area contributed by atoms with Crippen molar-refractivity contribution >= 4 is 16.9 Å². The number of benzene rings is 1. The Morgan fingerprint density at radius 2 is 2.25 bits per heavy atom. The smallest absolute Gasteiger partial charge is 0.248 e. The van der Waals surface area contributed by atoms with Crippen LogP contribution in [-0.4, -0.2) is 52.1 Å². The van der Waals surface area contributed by atoms with Crippen LogP contribution in [0.5, 0.6) is 0 Å². The first-order chi connectivity index (χ1) is 13.8. The Balaban J connectivity index is 1.16. The van der Waals surface area contributed by atoms with Crippen LogP contribution in [0.3, 0.4) is 0 Å². The second-order valence-corrected chi connectivity index (χ2v) is 7.24. The Morgan fingerprint density at radius 3 is 3.11 bits per heavy atom. The molecule has 0 aliphatic carbocycles. The lowest BCUT2D eigenvalue weighted by Gasteiger charge is -2.25. The molecule has 2 aliphatic rings. The minimum Gasteiger partial charge on any atom is -0.445 e. The number of para-hydroxylation sites is 2.